The minimum absolute atomic E-state index is 0.186. The van der Waals surface area contributed by atoms with Gasteiger partial charge in [0.2, 0.25) is 0 Å². The Hall–Kier alpha value is -4.11. The first kappa shape index (κ1) is 20.5. The fraction of sp³-hybridized carbons (Fsp3) is 0.129. The molecule has 0 amide bonds. The number of nitrogens with one attached hydrogen (secondary N) is 2. The molecular weight excluding hydrogens is 416 g/mol. The summed E-state index contributed by atoms with van der Waals surface area (Å²) in [4.78, 5) is 13.7. The summed E-state index contributed by atoms with van der Waals surface area (Å²) in [5, 5.41) is 7.30. The Morgan fingerprint density at radius 2 is 1.21 bits per heavy atom. The van der Waals surface area contributed by atoms with Crippen molar-refractivity contribution >= 4 is 17.2 Å². The lowest BCUT2D eigenvalue weighted by molar-refractivity contribution is -0.116. The van der Waals surface area contributed by atoms with E-state index in [1.165, 1.54) is 16.7 Å². The number of anilines is 2. The van der Waals surface area contributed by atoms with Crippen LogP contribution in [0.5, 0.6) is 0 Å². The van der Waals surface area contributed by atoms with Crippen LogP contribution in [0.3, 0.4) is 0 Å². The van der Waals surface area contributed by atoms with Gasteiger partial charge >= 0.3 is 0 Å². The van der Waals surface area contributed by atoms with Crippen LogP contribution in [-0.2, 0) is 4.79 Å². The fourth-order valence-corrected chi connectivity index (χ4v) is 5.20. The molecule has 1 heterocycles. The molecule has 2 unspecified atom stereocenters. The third-order valence-electron chi connectivity index (χ3n) is 6.93. The second-order valence-electron chi connectivity index (χ2n) is 9.07. The third kappa shape index (κ3) is 3.80. The number of fused-ring (bicyclic) bond motifs is 1. The quantitative estimate of drug-likeness (QED) is 0.349. The normalized spacial score (nSPS) is 19.4. The highest BCUT2D eigenvalue weighted by molar-refractivity contribution is 6.01. The molecule has 0 aromatic heterocycles. The molecule has 1 aliphatic carbocycles. The number of ketones is 1. The number of allylic oxidation sites excluding steroid dienone is 1. The highest BCUT2D eigenvalue weighted by Crippen LogP contribution is 2.44. The summed E-state index contributed by atoms with van der Waals surface area (Å²) in [5.41, 5.74) is 8.59. The van der Waals surface area contributed by atoms with E-state index in [9.17, 15) is 4.79 Å². The summed E-state index contributed by atoms with van der Waals surface area (Å²) < 4.78 is 0. The van der Waals surface area contributed by atoms with E-state index in [4.69, 9.17) is 0 Å². The van der Waals surface area contributed by atoms with Crippen LogP contribution in [0.1, 0.15) is 35.9 Å². The molecule has 2 N–H and O–H groups in total. The number of carbonyl (C=O) groups excluding carboxylic acids is 1. The summed E-state index contributed by atoms with van der Waals surface area (Å²) >= 11 is 0. The van der Waals surface area contributed by atoms with E-state index in [1.54, 1.807) is 0 Å². The lowest BCUT2D eigenvalue weighted by atomic mass is 9.78. The average Bonchev–Trinajstić information content (AvgIpc) is 3.07. The maximum atomic E-state index is 13.7. The van der Waals surface area contributed by atoms with Crippen LogP contribution < -0.4 is 10.6 Å². The molecule has 4 aromatic rings. The topological polar surface area (TPSA) is 41.1 Å². The summed E-state index contributed by atoms with van der Waals surface area (Å²) in [6, 6.07) is 37.4. The summed E-state index contributed by atoms with van der Waals surface area (Å²) in [6.45, 7) is 0. The first-order valence-corrected chi connectivity index (χ1v) is 11.9. The largest absolute Gasteiger partial charge is 0.372 e. The van der Waals surface area contributed by atoms with Crippen molar-refractivity contribution in [2.45, 2.75) is 24.8 Å². The SMILES string of the molecule is O=C1CC(c2ccccc2)CC2=C1C(c1ccc(-c3ccccc3)cc1)Nc1ccccc1N2. The molecule has 34 heavy (non-hydrogen) atoms. The highest BCUT2D eigenvalue weighted by atomic mass is 16.1. The summed E-state index contributed by atoms with van der Waals surface area (Å²) in [7, 11) is 0. The molecule has 1 aliphatic heterocycles. The van der Waals surface area contributed by atoms with Crippen molar-refractivity contribution in [1.82, 2.24) is 0 Å². The summed E-state index contributed by atoms with van der Waals surface area (Å²) in [6.07, 6.45) is 1.35. The Bertz CT molecular complexity index is 1360. The van der Waals surface area contributed by atoms with E-state index in [1.807, 2.05) is 24.3 Å². The van der Waals surface area contributed by atoms with Gasteiger partial charge in [-0.2, -0.15) is 0 Å². The standard InChI is InChI=1S/C31H26N2O/c34-29-20-25(22-11-5-2-6-12-22)19-28-30(29)31(33-27-14-8-7-13-26(27)32-28)24-17-15-23(16-18-24)21-9-3-1-4-10-21/h1-18,25,31-33H,19-20H2. The van der Waals surface area contributed by atoms with Crippen LogP contribution in [0.2, 0.25) is 0 Å². The van der Waals surface area contributed by atoms with Crippen molar-refractivity contribution in [3.8, 4) is 11.1 Å². The minimum atomic E-state index is -0.194. The second-order valence-corrected chi connectivity index (χ2v) is 9.07. The van der Waals surface area contributed by atoms with E-state index in [-0.39, 0.29) is 17.7 Å². The van der Waals surface area contributed by atoms with Crippen LogP contribution in [0.4, 0.5) is 11.4 Å². The molecule has 0 saturated heterocycles. The highest BCUT2D eigenvalue weighted by Gasteiger charge is 2.35. The molecule has 2 atom stereocenters. The number of para-hydroxylation sites is 2. The minimum Gasteiger partial charge on any atom is -0.372 e. The third-order valence-corrected chi connectivity index (χ3v) is 6.93. The number of rotatable bonds is 3. The maximum Gasteiger partial charge on any atom is 0.163 e. The molecule has 0 bridgehead atoms. The number of hydrogen-bond acceptors (Lipinski definition) is 3. The van der Waals surface area contributed by atoms with E-state index >= 15 is 0 Å². The van der Waals surface area contributed by atoms with Crippen LogP contribution in [0.25, 0.3) is 11.1 Å². The Balaban J connectivity index is 1.41. The van der Waals surface area contributed by atoms with Crippen molar-refractivity contribution in [2.75, 3.05) is 10.6 Å². The Morgan fingerprint density at radius 3 is 1.94 bits per heavy atom. The summed E-state index contributed by atoms with van der Waals surface area (Å²) in [5.74, 6) is 0.395. The van der Waals surface area contributed by atoms with Gasteiger partial charge < -0.3 is 10.6 Å². The van der Waals surface area contributed by atoms with Gasteiger partial charge in [-0.1, -0.05) is 97.1 Å². The number of benzene rings is 4. The molecule has 6 rings (SSSR count). The molecule has 0 saturated carbocycles. The molecule has 3 heteroatoms. The van der Waals surface area contributed by atoms with Crippen molar-refractivity contribution in [3.05, 3.63) is 132 Å². The Morgan fingerprint density at radius 1 is 0.588 bits per heavy atom. The molecule has 3 nitrogen and oxygen atoms in total. The molecule has 4 aromatic carbocycles. The second kappa shape index (κ2) is 8.68. The van der Waals surface area contributed by atoms with E-state index in [0.717, 1.165) is 34.6 Å². The monoisotopic (exact) mass is 442 g/mol. The van der Waals surface area contributed by atoms with Crippen LogP contribution in [0, 0.1) is 0 Å². The van der Waals surface area contributed by atoms with Crippen LogP contribution in [-0.4, -0.2) is 5.78 Å². The van der Waals surface area contributed by atoms with Gasteiger partial charge in [-0.25, -0.2) is 0 Å². The first-order chi connectivity index (χ1) is 16.8. The van der Waals surface area contributed by atoms with Gasteiger partial charge in [0, 0.05) is 17.7 Å². The molecule has 0 spiro atoms. The predicted molar refractivity (Wildman–Crippen MR) is 139 cm³/mol. The average molecular weight is 443 g/mol. The zero-order valence-corrected chi connectivity index (χ0v) is 18.9. The lowest BCUT2D eigenvalue weighted by Crippen LogP contribution is -2.26. The van der Waals surface area contributed by atoms with Gasteiger partial charge in [0.05, 0.1) is 17.4 Å². The van der Waals surface area contributed by atoms with Gasteiger partial charge in [-0.3, -0.25) is 4.79 Å². The van der Waals surface area contributed by atoms with E-state index in [2.05, 4.69) is 95.6 Å². The zero-order chi connectivity index (χ0) is 22.9. The van der Waals surface area contributed by atoms with Crippen LogP contribution in [0.15, 0.2) is 120 Å². The molecule has 0 radical (unpaired) electrons. The van der Waals surface area contributed by atoms with Crippen LogP contribution >= 0.6 is 0 Å². The van der Waals surface area contributed by atoms with Crippen molar-refractivity contribution in [1.29, 1.82) is 0 Å². The Kier molecular flexibility index (Phi) is 5.23. The Labute approximate surface area is 200 Å². The van der Waals surface area contributed by atoms with E-state index in [0.29, 0.717) is 6.42 Å². The van der Waals surface area contributed by atoms with E-state index < -0.39 is 0 Å². The number of carbonyl (C=O) groups is 1. The van der Waals surface area contributed by atoms with Gasteiger partial charge in [-0.15, -0.1) is 0 Å². The molecule has 166 valence electrons. The van der Waals surface area contributed by atoms with Gasteiger partial charge in [0.25, 0.3) is 0 Å². The van der Waals surface area contributed by atoms with Gasteiger partial charge in [0.1, 0.15) is 0 Å². The van der Waals surface area contributed by atoms with Gasteiger partial charge in [-0.05, 0) is 46.7 Å². The van der Waals surface area contributed by atoms with Crippen molar-refractivity contribution in [3.63, 3.8) is 0 Å². The molecule has 0 fully saturated rings. The maximum absolute atomic E-state index is 13.7. The molecule has 2 aliphatic rings. The molecular formula is C31H26N2O. The van der Waals surface area contributed by atoms with Crippen molar-refractivity contribution in [2.24, 2.45) is 0 Å². The number of hydrogen-bond donors (Lipinski definition) is 2. The number of Topliss-reactive ketones (excluding diaryl/α,β-unsaturated/α-hetero) is 1. The lowest BCUT2D eigenvalue weighted by Gasteiger charge is -2.30. The first-order valence-electron chi connectivity index (χ1n) is 11.9. The van der Waals surface area contributed by atoms with Gasteiger partial charge in [0.15, 0.2) is 5.78 Å². The predicted octanol–water partition coefficient (Wildman–Crippen LogP) is 7.33. The fourth-order valence-electron chi connectivity index (χ4n) is 5.20. The zero-order valence-electron chi connectivity index (χ0n) is 18.9. The van der Waals surface area contributed by atoms with Crippen molar-refractivity contribution < 1.29 is 4.79 Å². The smallest absolute Gasteiger partial charge is 0.163 e.